The molecule has 1 aliphatic rings. The summed E-state index contributed by atoms with van der Waals surface area (Å²) in [6.07, 6.45) is 3.66. The number of nitrogens with one attached hydrogen (secondary N) is 2. The van der Waals surface area contributed by atoms with Crippen LogP contribution in [0.5, 0.6) is 0 Å². The number of carboxylic acid groups (broad SMARTS) is 1. The van der Waals surface area contributed by atoms with Gasteiger partial charge >= 0.3 is 0 Å². The summed E-state index contributed by atoms with van der Waals surface area (Å²) in [6.45, 7) is 1.27. The van der Waals surface area contributed by atoms with E-state index in [1.54, 1.807) is 6.20 Å². The highest BCUT2D eigenvalue weighted by Gasteiger charge is 2.26. The van der Waals surface area contributed by atoms with E-state index in [9.17, 15) is 9.59 Å². The van der Waals surface area contributed by atoms with Crippen LogP contribution in [0, 0.1) is 5.92 Å². The zero-order chi connectivity index (χ0) is 18.2. The standard InChI is InChI=1S/C16H18ClN3O2.CH2O2/c17-14-3-1-11(2-4-14)7-12-5-6-20(10-12)15(21)8-13-9-18-19-16(13)22;2-1-3/h1-4,9,12H,5-8,10H2,(H2,18,19,22);1H,(H,2,3). The molecule has 1 saturated heterocycles. The number of amides is 1. The molecule has 0 bridgehead atoms. The van der Waals surface area contributed by atoms with E-state index in [0.717, 1.165) is 31.0 Å². The van der Waals surface area contributed by atoms with E-state index < -0.39 is 0 Å². The van der Waals surface area contributed by atoms with Crippen molar-refractivity contribution in [1.29, 1.82) is 0 Å². The Morgan fingerprint density at radius 1 is 1.36 bits per heavy atom. The van der Waals surface area contributed by atoms with Gasteiger partial charge in [-0.3, -0.25) is 19.5 Å². The smallest absolute Gasteiger partial charge is 0.290 e. The fourth-order valence-corrected chi connectivity index (χ4v) is 3.05. The number of rotatable bonds is 4. The van der Waals surface area contributed by atoms with Crippen LogP contribution < -0.4 is 5.56 Å². The van der Waals surface area contributed by atoms with Gasteiger partial charge in [0.15, 0.2) is 0 Å². The number of carbonyl (C=O) groups excluding carboxylic acids is 1. The number of halogens is 1. The van der Waals surface area contributed by atoms with Gasteiger partial charge in [-0.15, -0.1) is 0 Å². The van der Waals surface area contributed by atoms with Crippen molar-refractivity contribution >= 4 is 24.0 Å². The minimum Gasteiger partial charge on any atom is -0.483 e. The number of likely N-dealkylation sites (tertiary alicyclic amines) is 1. The van der Waals surface area contributed by atoms with Crippen LogP contribution in [0.3, 0.4) is 0 Å². The average molecular weight is 366 g/mol. The Kier molecular flexibility index (Phi) is 6.82. The fraction of sp³-hybridized carbons (Fsp3) is 0.353. The molecule has 2 heterocycles. The minimum absolute atomic E-state index is 0.0173. The monoisotopic (exact) mass is 365 g/mol. The predicted molar refractivity (Wildman–Crippen MR) is 93.7 cm³/mol. The molecule has 1 aliphatic heterocycles. The van der Waals surface area contributed by atoms with Crippen LogP contribution in [0.25, 0.3) is 0 Å². The van der Waals surface area contributed by atoms with E-state index >= 15 is 0 Å². The van der Waals surface area contributed by atoms with E-state index in [0.29, 0.717) is 11.5 Å². The van der Waals surface area contributed by atoms with Crippen molar-refractivity contribution < 1.29 is 14.7 Å². The average Bonchev–Trinajstić information content (AvgIpc) is 3.20. The highest BCUT2D eigenvalue weighted by Crippen LogP contribution is 2.22. The lowest BCUT2D eigenvalue weighted by Crippen LogP contribution is -2.31. The molecule has 7 nitrogen and oxygen atoms in total. The lowest BCUT2D eigenvalue weighted by Gasteiger charge is -2.16. The second-order valence-corrected chi connectivity index (χ2v) is 6.31. The van der Waals surface area contributed by atoms with Crippen LogP contribution in [0.2, 0.25) is 5.02 Å². The molecule has 1 fully saturated rings. The van der Waals surface area contributed by atoms with Crippen molar-refractivity contribution in [3.8, 4) is 0 Å². The Balaban J connectivity index is 0.000000701. The summed E-state index contributed by atoms with van der Waals surface area (Å²) in [6, 6.07) is 7.86. The first-order valence-corrected chi connectivity index (χ1v) is 8.26. The van der Waals surface area contributed by atoms with E-state index in [-0.39, 0.29) is 24.4 Å². The Morgan fingerprint density at radius 3 is 2.64 bits per heavy atom. The number of aromatic amines is 2. The first-order chi connectivity index (χ1) is 12.0. The van der Waals surface area contributed by atoms with E-state index in [4.69, 9.17) is 21.5 Å². The van der Waals surface area contributed by atoms with Crippen LogP contribution >= 0.6 is 11.6 Å². The van der Waals surface area contributed by atoms with E-state index in [1.807, 2.05) is 29.2 Å². The van der Waals surface area contributed by atoms with Crippen LogP contribution in [0.4, 0.5) is 0 Å². The molecule has 1 atom stereocenters. The number of aromatic nitrogens is 2. The Hall–Kier alpha value is -2.54. The van der Waals surface area contributed by atoms with E-state index in [1.165, 1.54) is 5.56 Å². The van der Waals surface area contributed by atoms with Gasteiger partial charge in [0.05, 0.1) is 6.42 Å². The van der Waals surface area contributed by atoms with Gasteiger partial charge in [0.25, 0.3) is 12.0 Å². The van der Waals surface area contributed by atoms with Crippen molar-refractivity contribution in [2.45, 2.75) is 19.3 Å². The van der Waals surface area contributed by atoms with Crippen LogP contribution in [0.15, 0.2) is 35.3 Å². The number of hydrogen-bond acceptors (Lipinski definition) is 3. The molecule has 2 aromatic rings. The zero-order valence-corrected chi connectivity index (χ0v) is 14.3. The summed E-state index contributed by atoms with van der Waals surface area (Å²) in [4.78, 5) is 33.9. The van der Waals surface area contributed by atoms with Crippen molar-refractivity contribution in [2.75, 3.05) is 13.1 Å². The molecule has 8 heteroatoms. The summed E-state index contributed by atoms with van der Waals surface area (Å²) < 4.78 is 0. The van der Waals surface area contributed by atoms with Gasteiger partial charge in [-0.2, -0.15) is 0 Å². The number of hydrogen-bond donors (Lipinski definition) is 3. The summed E-state index contributed by atoms with van der Waals surface area (Å²) >= 11 is 5.89. The molecule has 1 unspecified atom stereocenters. The molecule has 1 amide bonds. The first-order valence-electron chi connectivity index (χ1n) is 7.88. The van der Waals surface area contributed by atoms with Crippen molar-refractivity contribution in [1.82, 2.24) is 15.1 Å². The molecule has 25 heavy (non-hydrogen) atoms. The largest absolute Gasteiger partial charge is 0.483 e. The zero-order valence-electron chi connectivity index (χ0n) is 13.6. The van der Waals surface area contributed by atoms with Crippen LogP contribution in [-0.4, -0.2) is 45.7 Å². The van der Waals surface area contributed by atoms with E-state index in [2.05, 4.69) is 10.2 Å². The van der Waals surface area contributed by atoms with Gasteiger partial charge in [-0.1, -0.05) is 23.7 Å². The maximum absolute atomic E-state index is 12.2. The maximum Gasteiger partial charge on any atom is 0.290 e. The lowest BCUT2D eigenvalue weighted by molar-refractivity contribution is -0.129. The normalized spacial score (nSPS) is 16.2. The molecule has 0 saturated carbocycles. The lowest BCUT2D eigenvalue weighted by atomic mass is 9.99. The number of carbonyl (C=O) groups is 2. The van der Waals surface area contributed by atoms with Gasteiger partial charge in [-0.25, -0.2) is 0 Å². The third kappa shape index (κ3) is 5.49. The second-order valence-electron chi connectivity index (χ2n) is 5.88. The first kappa shape index (κ1) is 18.8. The maximum atomic E-state index is 12.2. The SMILES string of the molecule is O=C(Cc1c[nH][nH]c1=O)N1CCC(Cc2ccc(Cl)cc2)C1.O=CO. The highest BCUT2D eigenvalue weighted by molar-refractivity contribution is 6.30. The molecule has 0 aliphatic carbocycles. The third-order valence-corrected chi connectivity index (χ3v) is 4.39. The molecule has 134 valence electrons. The van der Waals surface area contributed by atoms with Gasteiger partial charge in [-0.05, 0) is 36.5 Å². The summed E-state index contributed by atoms with van der Waals surface area (Å²) in [7, 11) is 0. The summed E-state index contributed by atoms with van der Waals surface area (Å²) in [5.41, 5.74) is 1.52. The Bertz CT molecular complexity index is 754. The van der Waals surface area contributed by atoms with Gasteiger partial charge in [0.1, 0.15) is 0 Å². The Labute approximate surface area is 149 Å². The molecule has 3 rings (SSSR count). The molecule has 3 N–H and O–H groups in total. The molecular formula is C17H20ClN3O4. The highest BCUT2D eigenvalue weighted by atomic mass is 35.5. The second kappa shape index (κ2) is 9.08. The Morgan fingerprint density at radius 2 is 2.04 bits per heavy atom. The van der Waals surface area contributed by atoms with Gasteiger partial charge in [0.2, 0.25) is 5.91 Å². The van der Waals surface area contributed by atoms with Gasteiger partial charge in [0, 0.05) is 29.9 Å². The van der Waals surface area contributed by atoms with Crippen LogP contribution in [0.1, 0.15) is 17.5 Å². The molecular weight excluding hydrogens is 346 g/mol. The molecule has 0 spiro atoms. The van der Waals surface area contributed by atoms with Crippen molar-refractivity contribution in [3.63, 3.8) is 0 Å². The van der Waals surface area contributed by atoms with Crippen molar-refractivity contribution in [2.24, 2.45) is 5.92 Å². The third-order valence-electron chi connectivity index (χ3n) is 4.14. The molecule has 0 radical (unpaired) electrons. The quantitative estimate of drug-likeness (QED) is 0.717. The van der Waals surface area contributed by atoms with Gasteiger partial charge < -0.3 is 15.1 Å². The predicted octanol–water partition coefficient (Wildman–Crippen LogP) is 1.69. The minimum atomic E-state index is -0.250. The summed E-state index contributed by atoms with van der Waals surface area (Å²) in [5.74, 6) is 0.485. The topological polar surface area (TPSA) is 106 Å². The number of benzene rings is 1. The fourth-order valence-electron chi connectivity index (χ4n) is 2.92. The number of nitrogens with zero attached hydrogens (tertiary/aromatic N) is 1. The van der Waals surface area contributed by atoms with Crippen LogP contribution in [-0.2, 0) is 22.4 Å². The number of H-pyrrole nitrogens is 2. The van der Waals surface area contributed by atoms with Crippen molar-refractivity contribution in [3.05, 3.63) is 57.0 Å². The molecule has 1 aromatic carbocycles. The molecule has 1 aromatic heterocycles. The summed E-state index contributed by atoms with van der Waals surface area (Å²) in [5, 5.41) is 12.7.